The molecule has 1 aromatic heterocycles. The van der Waals surface area contributed by atoms with E-state index < -0.39 is 16.0 Å². The molecule has 0 spiro atoms. The zero-order valence-corrected chi connectivity index (χ0v) is 12.0. The van der Waals surface area contributed by atoms with Crippen LogP contribution in [0.2, 0.25) is 0 Å². The summed E-state index contributed by atoms with van der Waals surface area (Å²) in [5, 5.41) is 12.1. The summed E-state index contributed by atoms with van der Waals surface area (Å²) in [5.41, 5.74) is 0. The van der Waals surface area contributed by atoms with Crippen molar-refractivity contribution in [1.82, 2.24) is 10.0 Å². The summed E-state index contributed by atoms with van der Waals surface area (Å²) in [7, 11) is -3.72. The number of hydrogen-bond acceptors (Lipinski definition) is 5. The molecule has 0 atom stereocenters. The van der Waals surface area contributed by atoms with E-state index in [0.29, 0.717) is 19.0 Å². The van der Waals surface area contributed by atoms with E-state index in [1.807, 2.05) is 0 Å². The van der Waals surface area contributed by atoms with E-state index in [-0.39, 0.29) is 16.4 Å². The number of aryl methyl sites for hydroxylation is 1. The maximum absolute atomic E-state index is 12.0. The van der Waals surface area contributed by atoms with Crippen molar-refractivity contribution in [1.29, 1.82) is 0 Å². The lowest BCUT2D eigenvalue weighted by atomic mass is 10.4. The number of rotatable bonds is 8. The lowest BCUT2D eigenvalue weighted by Crippen LogP contribution is -2.28. The van der Waals surface area contributed by atoms with Crippen LogP contribution in [0.3, 0.4) is 0 Å². The third-order valence-electron chi connectivity index (χ3n) is 3.03. The predicted molar refractivity (Wildman–Crippen MR) is 71.2 cm³/mol. The highest BCUT2D eigenvalue weighted by Crippen LogP contribution is 2.20. The first-order valence-electron chi connectivity index (χ1n) is 6.47. The SMILES string of the molecule is Cc1oc(C(=O)O)cc1S(=O)(=O)NCCCNC1CC1. The molecule has 0 saturated heterocycles. The van der Waals surface area contributed by atoms with Crippen molar-refractivity contribution in [3.63, 3.8) is 0 Å². The molecule has 1 heterocycles. The Balaban J connectivity index is 1.89. The van der Waals surface area contributed by atoms with Gasteiger partial charge in [0.2, 0.25) is 15.8 Å². The Labute approximate surface area is 117 Å². The van der Waals surface area contributed by atoms with Crippen LogP contribution < -0.4 is 10.0 Å². The van der Waals surface area contributed by atoms with Crippen molar-refractivity contribution in [3.05, 3.63) is 17.6 Å². The van der Waals surface area contributed by atoms with E-state index in [1.165, 1.54) is 19.8 Å². The Bertz CT molecular complexity index is 589. The Morgan fingerprint density at radius 2 is 2.15 bits per heavy atom. The van der Waals surface area contributed by atoms with Crippen LogP contribution in [-0.2, 0) is 10.0 Å². The van der Waals surface area contributed by atoms with E-state index in [2.05, 4.69) is 10.0 Å². The molecule has 1 aromatic rings. The Morgan fingerprint density at radius 3 is 2.70 bits per heavy atom. The lowest BCUT2D eigenvalue weighted by molar-refractivity contribution is 0.0661. The minimum Gasteiger partial charge on any atom is -0.475 e. The Kier molecular flexibility index (Phi) is 4.46. The summed E-state index contributed by atoms with van der Waals surface area (Å²) < 4.78 is 31.4. The number of nitrogens with one attached hydrogen (secondary N) is 2. The standard InChI is InChI=1S/C12H18N2O5S/c1-8-11(7-10(19-8)12(15)16)20(17,18)14-6-2-5-13-9-3-4-9/h7,9,13-14H,2-6H2,1H3,(H,15,16). The molecule has 1 aliphatic rings. The second-order valence-electron chi connectivity index (χ2n) is 4.82. The van der Waals surface area contributed by atoms with Gasteiger partial charge in [-0.25, -0.2) is 17.9 Å². The summed E-state index contributed by atoms with van der Waals surface area (Å²) in [4.78, 5) is 10.6. The monoisotopic (exact) mass is 302 g/mol. The molecule has 3 N–H and O–H groups in total. The van der Waals surface area contributed by atoms with Gasteiger partial charge in [-0.05, 0) is 32.7 Å². The topological polar surface area (TPSA) is 109 Å². The van der Waals surface area contributed by atoms with Crippen molar-refractivity contribution >= 4 is 16.0 Å². The van der Waals surface area contributed by atoms with E-state index in [4.69, 9.17) is 9.52 Å². The molecule has 0 aromatic carbocycles. The Hall–Kier alpha value is -1.38. The number of hydrogen-bond donors (Lipinski definition) is 3. The lowest BCUT2D eigenvalue weighted by Gasteiger charge is -2.06. The summed E-state index contributed by atoms with van der Waals surface area (Å²) in [5.74, 6) is -1.59. The van der Waals surface area contributed by atoms with Gasteiger partial charge in [-0.3, -0.25) is 0 Å². The van der Waals surface area contributed by atoms with Gasteiger partial charge in [0.1, 0.15) is 10.7 Å². The fourth-order valence-electron chi connectivity index (χ4n) is 1.80. The number of carboxylic acids is 1. The van der Waals surface area contributed by atoms with Crippen LogP contribution in [0.4, 0.5) is 0 Å². The van der Waals surface area contributed by atoms with Gasteiger partial charge in [-0.1, -0.05) is 0 Å². The fourth-order valence-corrected chi connectivity index (χ4v) is 3.05. The average molecular weight is 302 g/mol. The van der Waals surface area contributed by atoms with Crippen LogP contribution in [-0.4, -0.2) is 38.6 Å². The van der Waals surface area contributed by atoms with Crippen molar-refractivity contribution in [2.45, 2.75) is 37.1 Å². The number of carboxylic acid groups (broad SMARTS) is 1. The first-order chi connectivity index (χ1) is 9.40. The van der Waals surface area contributed by atoms with Crippen LogP contribution in [0.25, 0.3) is 0 Å². The van der Waals surface area contributed by atoms with Gasteiger partial charge < -0.3 is 14.8 Å². The van der Waals surface area contributed by atoms with E-state index in [0.717, 1.165) is 12.6 Å². The van der Waals surface area contributed by atoms with Gasteiger partial charge in [-0.15, -0.1) is 0 Å². The fraction of sp³-hybridized carbons (Fsp3) is 0.583. The van der Waals surface area contributed by atoms with Gasteiger partial charge in [-0.2, -0.15) is 0 Å². The molecule has 0 bridgehead atoms. The molecule has 2 rings (SSSR count). The first kappa shape index (κ1) is 15.0. The van der Waals surface area contributed by atoms with Crippen molar-refractivity contribution in [3.8, 4) is 0 Å². The highest BCUT2D eigenvalue weighted by Gasteiger charge is 2.23. The highest BCUT2D eigenvalue weighted by molar-refractivity contribution is 7.89. The smallest absolute Gasteiger partial charge is 0.371 e. The molecule has 1 fully saturated rings. The molecule has 112 valence electrons. The maximum atomic E-state index is 12.0. The summed E-state index contributed by atoms with van der Waals surface area (Å²) in [6.45, 7) is 2.49. The molecule has 20 heavy (non-hydrogen) atoms. The van der Waals surface area contributed by atoms with Crippen molar-refractivity contribution < 1.29 is 22.7 Å². The zero-order valence-electron chi connectivity index (χ0n) is 11.2. The molecular weight excluding hydrogens is 284 g/mol. The molecule has 0 radical (unpaired) electrons. The van der Waals surface area contributed by atoms with Gasteiger partial charge >= 0.3 is 5.97 Å². The number of sulfonamides is 1. The molecule has 8 heteroatoms. The third-order valence-corrected chi connectivity index (χ3v) is 4.60. The molecular formula is C12H18N2O5S. The average Bonchev–Trinajstić information content (AvgIpc) is 3.09. The number of furan rings is 1. The number of carbonyl (C=O) groups is 1. The summed E-state index contributed by atoms with van der Waals surface area (Å²) in [6.07, 6.45) is 3.06. The molecule has 0 unspecified atom stereocenters. The first-order valence-corrected chi connectivity index (χ1v) is 7.95. The maximum Gasteiger partial charge on any atom is 0.371 e. The molecule has 7 nitrogen and oxygen atoms in total. The van der Waals surface area contributed by atoms with Gasteiger partial charge in [0, 0.05) is 18.7 Å². The van der Waals surface area contributed by atoms with E-state index >= 15 is 0 Å². The quantitative estimate of drug-likeness (QED) is 0.610. The van der Waals surface area contributed by atoms with Crippen LogP contribution in [0.15, 0.2) is 15.4 Å². The summed E-state index contributed by atoms with van der Waals surface area (Å²) in [6, 6.07) is 1.63. The minimum absolute atomic E-state index is 0.0750. The van der Waals surface area contributed by atoms with Crippen LogP contribution in [0.1, 0.15) is 35.6 Å². The zero-order chi connectivity index (χ0) is 14.8. The van der Waals surface area contributed by atoms with Gasteiger partial charge in [0.15, 0.2) is 0 Å². The summed E-state index contributed by atoms with van der Waals surface area (Å²) >= 11 is 0. The van der Waals surface area contributed by atoms with E-state index in [1.54, 1.807) is 0 Å². The van der Waals surface area contributed by atoms with Crippen LogP contribution in [0, 0.1) is 6.92 Å². The highest BCUT2D eigenvalue weighted by atomic mass is 32.2. The molecule has 0 aliphatic heterocycles. The molecule has 0 amide bonds. The molecule has 1 saturated carbocycles. The molecule has 1 aliphatic carbocycles. The van der Waals surface area contributed by atoms with Crippen molar-refractivity contribution in [2.75, 3.05) is 13.1 Å². The van der Waals surface area contributed by atoms with Gasteiger partial charge in [0.05, 0.1) is 0 Å². The second kappa shape index (κ2) is 5.94. The predicted octanol–water partition coefficient (Wildman–Crippen LogP) is 0.707. The minimum atomic E-state index is -3.72. The van der Waals surface area contributed by atoms with Gasteiger partial charge in [0.25, 0.3) is 0 Å². The third kappa shape index (κ3) is 3.81. The largest absolute Gasteiger partial charge is 0.475 e. The van der Waals surface area contributed by atoms with Crippen LogP contribution >= 0.6 is 0 Å². The van der Waals surface area contributed by atoms with Crippen LogP contribution in [0.5, 0.6) is 0 Å². The normalized spacial score (nSPS) is 15.4. The van der Waals surface area contributed by atoms with Crippen molar-refractivity contribution in [2.24, 2.45) is 0 Å². The Morgan fingerprint density at radius 1 is 1.45 bits per heavy atom. The second-order valence-corrected chi connectivity index (χ2v) is 6.55. The van der Waals surface area contributed by atoms with E-state index in [9.17, 15) is 13.2 Å². The number of aromatic carboxylic acids is 1.